The van der Waals surface area contributed by atoms with Crippen molar-refractivity contribution >= 4 is 11.9 Å². The molecular formula is C16H23N5O2. The standard InChI is InChI=1S/C16H23N5O2/c1-3-17-16(23)21-12-4-5-13(21)7-11(6-12)20-15(22)14-9-18-10(2)8-19-14/h8-9,11-13H,3-7H2,1-2H3,(H,17,23)(H,20,22). The molecule has 2 N–H and O–H groups in total. The Morgan fingerprint density at radius 3 is 2.48 bits per heavy atom. The van der Waals surface area contributed by atoms with E-state index in [0.29, 0.717) is 12.2 Å². The van der Waals surface area contributed by atoms with Gasteiger partial charge in [0.15, 0.2) is 0 Å². The van der Waals surface area contributed by atoms with E-state index in [0.717, 1.165) is 31.4 Å². The fourth-order valence-electron chi connectivity index (χ4n) is 3.64. The molecule has 23 heavy (non-hydrogen) atoms. The minimum Gasteiger partial charge on any atom is -0.348 e. The van der Waals surface area contributed by atoms with Crippen LogP contribution in [0.3, 0.4) is 0 Å². The van der Waals surface area contributed by atoms with Gasteiger partial charge in [-0.3, -0.25) is 9.78 Å². The van der Waals surface area contributed by atoms with Gasteiger partial charge in [-0.15, -0.1) is 0 Å². The van der Waals surface area contributed by atoms with Gasteiger partial charge in [-0.1, -0.05) is 0 Å². The molecule has 2 atom stereocenters. The van der Waals surface area contributed by atoms with Gasteiger partial charge in [0.05, 0.1) is 11.9 Å². The highest BCUT2D eigenvalue weighted by atomic mass is 16.2. The van der Waals surface area contributed by atoms with Crippen LogP contribution in [-0.2, 0) is 0 Å². The van der Waals surface area contributed by atoms with Gasteiger partial charge in [-0.25, -0.2) is 9.78 Å². The molecule has 3 amide bonds. The molecule has 0 spiro atoms. The SMILES string of the molecule is CCNC(=O)N1C2CCC1CC(NC(=O)c1cnc(C)cn1)C2. The molecule has 7 nitrogen and oxygen atoms in total. The smallest absolute Gasteiger partial charge is 0.317 e. The predicted octanol–water partition coefficient (Wildman–Crippen LogP) is 1.24. The number of nitrogens with one attached hydrogen (secondary N) is 2. The van der Waals surface area contributed by atoms with E-state index in [1.807, 2.05) is 18.7 Å². The van der Waals surface area contributed by atoms with Crippen LogP contribution in [0, 0.1) is 6.92 Å². The lowest BCUT2D eigenvalue weighted by atomic mass is 9.97. The molecule has 124 valence electrons. The first kappa shape index (κ1) is 15.7. The minimum atomic E-state index is -0.187. The summed E-state index contributed by atoms with van der Waals surface area (Å²) in [6, 6.07) is 0.548. The van der Waals surface area contributed by atoms with E-state index in [2.05, 4.69) is 20.6 Å². The summed E-state index contributed by atoms with van der Waals surface area (Å²) in [5.74, 6) is -0.187. The average molecular weight is 317 g/mol. The van der Waals surface area contributed by atoms with Gasteiger partial charge < -0.3 is 15.5 Å². The van der Waals surface area contributed by atoms with Crippen LogP contribution in [0.5, 0.6) is 0 Å². The summed E-state index contributed by atoms with van der Waals surface area (Å²) >= 11 is 0. The van der Waals surface area contributed by atoms with Gasteiger partial charge >= 0.3 is 6.03 Å². The number of hydrogen-bond acceptors (Lipinski definition) is 4. The highest BCUT2D eigenvalue weighted by Gasteiger charge is 2.43. The number of aryl methyl sites for hydroxylation is 1. The third-order valence-electron chi connectivity index (χ3n) is 4.64. The van der Waals surface area contributed by atoms with E-state index in [-0.39, 0.29) is 30.1 Å². The minimum absolute atomic E-state index is 0.0224. The van der Waals surface area contributed by atoms with Crippen molar-refractivity contribution in [1.29, 1.82) is 0 Å². The molecule has 2 aliphatic rings. The quantitative estimate of drug-likeness (QED) is 0.878. The largest absolute Gasteiger partial charge is 0.348 e. The Labute approximate surface area is 135 Å². The van der Waals surface area contributed by atoms with E-state index in [1.54, 1.807) is 6.20 Å². The molecule has 0 aliphatic carbocycles. The number of aromatic nitrogens is 2. The Morgan fingerprint density at radius 1 is 1.22 bits per heavy atom. The van der Waals surface area contributed by atoms with Crippen molar-refractivity contribution in [2.75, 3.05) is 6.54 Å². The number of piperidine rings is 1. The van der Waals surface area contributed by atoms with Gasteiger partial charge in [0, 0.05) is 30.9 Å². The average Bonchev–Trinajstić information content (AvgIpc) is 2.79. The van der Waals surface area contributed by atoms with Crippen LogP contribution in [0.4, 0.5) is 4.79 Å². The number of hydrogen-bond donors (Lipinski definition) is 2. The number of carbonyl (C=O) groups is 2. The normalized spacial score (nSPS) is 26.0. The Bertz CT molecular complexity index is 575. The van der Waals surface area contributed by atoms with Crippen molar-refractivity contribution in [3.8, 4) is 0 Å². The molecule has 3 heterocycles. The lowest BCUT2D eigenvalue weighted by Gasteiger charge is -2.39. The van der Waals surface area contributed by atoms with Crippen LogP contribution >= 0.6 is 0 Å². The lowest BCUT2D eigenvalue weighted by Crippen LogP contribution is -2.55. The molecule has 2 bridgehead atoms. The van der Waals surface area contributed by atoms with E-state index in [9.17, 15) is 9.59 Å². The number of amides is 3. The monoisotopic (exact) mass is 317 g/mol. The van der Waals surface area contributed by atoms with Gasteiger partial charge in [-0.05, 0) is 39.5 Å². The van der Waals surface area contributed by atoms with Crippen LogP contribution in [0.25, 0.3) is 0 Å². The van der Waals surface area contributed by atoms with Crippen LogP contribution in [0.15, 0.2) is 12.4 Å². The van der Waals surface area contributed by atoms with E-state index < -0.39 is 0 Å². The maximum absolute atomic E-state index is 12.3. The zero-order valence-electron chi connectivity index (χ0n) is 13.6. The van der Waals surface area contributed by atoms with Crippen LogP contribution in [0.1, 0.15) is 48.8 Å². The number of urea groups is 1. The fraction of sp³-hybridized carbons (Fsp3) is 0.625. The Hall–Kier alpha value is -2.18. The van der Waals surface area contributed by atoms with Gasteiger partial charge in [0.2, 0.25) is 0 Å². The molecule has 1 aromatic rings. The summed E-state index contributed by atoms with van der Waals surface area (Å²) in [5, 5.41) is 5.93. The van der Waals surface area contributed by atoms with E-state index in [4.69, 9.17) is 0 Å². The zero-order valence-corrected chi connectivity index (χ0v) is 13.6. The second-order valence-corrected chi connectivity index (χ2v) is 6.31. The highest BCUT2D eigenvalue weighted by Crippen LogP contribution is 2.35. The second kappa shape index (κ2) is 6.52. The molecule has 3 rings (SSSR count). The van der Waals surface area contributed by atoms with Crippen LogP contribution in [-0.4, -0.2) is 51.5 Å². The summed E-state index contributed by atoms with van der Waals surface area (Å²) in [6.07, 6.45) is 6.73. The van der Waals surface area contributed by atoms with Crippen molar-refractivity contribution in [3.05, 3.63) is 23.8 Å². The maximum atomic E-state index is 12.3. The van der Waals surface area contributed by atoms with Crippen LogP contribution < -0.4 is 10.6 Å². The molecular weight excluding hydrogens is 294 g/mol. The van der Waals surface area contributed by atoms with Gasteiger partial charge in [-0.2, -0.15) is 0 Å². The number of fused-ring (bicyclic) bond motifs is 2. The summed E-state index contributed by atoms with van der Waals surface area (Å²) < 4.78 is 0. The third kappa shape index (κ3) is 3.28. The third-order valence-corrected chi connectivity index (χ3v) is 4.64. The summed E-state index contributed by atoms with van der Waals surface area (Å²) in [7, 11) is 0. The molecule has 7 heteroatoms. The van der Waals surface area contributed by atoms with E-state index >= 15 is 0 Å². The Morgan fingerprint density at radius 2 is 1.91 bits per heavy atom. The molecule has 2 unspecified atom stereocenters. The molecule has 0 aromatic carbocycles. The number of nitrogens with zero attached hydrogens (tertiary/aromatic N) is 3. The lowest BCUT2D eigenvalue weighted by molar-refractivity contribution is 0.0880. The van der Waals surface area contributed by atoms with Crippen LogP contribution in [0.2, 0.25) is 0 Å². The van der Waals surface area contributed by atoms with Gasteiger partial charge in [0.1, 0.15) is 5.69 Å². The van der Waals surface area contributed by atoms with Crippen molar-refractivity contribution in [1.82, 2.24) is 25.5 Å². The number of rotatable bonds is 3. The summed E-state index contributed by atoms with van der Waals surface area (Å²) in [6.45, 7) is 4.40. The van der Waals surface area contributed by atoms with Crippen molar-refractivity contribution in [3.63, 3.8) is 0 Å². The first-order valence-electron chi connectivity index (χ1n) is 8.24. The first-order valence-corrected chi connectivity index (χ1v) is 8.24. The molecule has 2 fully saturated rings. The molecule has 2 saturated heterocycles. The summed E-state index contributed by atoms with van der Waals surface area (Å²) in [5.41, 5.74) is 1.13. The van der Waals surface area contributed by atoms with Crippen molar-refractivity contribution in [2.45, 2.75) is 57.7 Å². The zero-order chi connectivity index (χ0) is 16.4. The van der Waals surface area contributed by atoms with Crippen molar-refractivity contribution in [2.24, 2.45) is 0 Å². The highest BCUT2D eigenvalue weighted by molar-refractivity contribution is 5.92. The maximum Gasteiger partial charge on any atom is 0.317 e. The van der Waals surface area contributed by atoms with E-state index in [1.165, 1.54) is 6.20 Å². The second-order valence-electron chi connectivity index (χ2n) is 6.31. The summed E-state index contributed by atoms with van der Waals surface area (Å²) in [4.78, 5) is 34.6. The number of carbonyl (C=O) groups excluding carboxylic acids is 2. The fourth-order valence-corrected chi connectivity index (χ4v) is 3.64. The Balaban J connectivity index is 1.61. The van der Waals surface area contributed by atoms with Gasteiger partial charge in [0.25, 0.3) is 5.91 Å². The molecule has 0 radical (unpaired) electrons. The topological polar surface area (TPSA) is 87.2 Å². The predicted molar refractivity (Wildman–Crippen MR) is 85.0 cm³/mol. The first-order chi connectivity index (χ1) is 11.1. The molecule has 0 saturated carbocycles. The Kier molecular flexibility index (Phi) is 4.45. The molecule has 1 aromatic heterocycles. The molecule has 2 aliphatic heterocycles. The van der Waals surface area contributed by atoms with Crippen molar-refractivity contribution < 1.29 is 9.59 Å².